The van der Waals surface area contributed by atoms with Crippen LogP contribution in [0.25, 0.3) is 10.9 Å². The summed E-state index contributed by atoms with van der Waals surface area (Å²) in [6.45, 7) is 0. The molecule has 9 heteroatoms. The van der Waals surface area contributed by atoms with Crippen molar-refractivity contribution in [1.82, 2.24) is 4.98 Å². The van der Waals surface area contributed by atoms with Crippen molar-refractivity contribution < 1.29 is 14.3 Å². The first kappa shape index (κ1) is 22.4. The summed E-state index contributed by atoms with van der Waals surface area (Å²) in [4.78, 5) is 29.8. The lowest BCUT2D eigenvalue weighted by molar-refractivity contribution is 0.0737. The van der Waals surface area contributed by atoms with Crippen molar-refractivity contribution in [2.45, 2.75) is 0 Å². The third kappa shape index (κ3) is 4.38. The number of aromatic nitrogens is 1. The normalized spacial score (nSPS) is 10.8. The zero-order chi connectivity index (χ0) is 22.8. The Labute approximate surface area is 202 Å². The second kappa shape index (κ2) is 9.35. The van der Waals surface area contributed by atoms with E-state index in [-0.39, 0.29) is 37.0 Å². The van der Waals surface area contributed by atoms with E-state index >= 15 is 0 Å². The van der Waals surface area contributed by atoms with E-state index in [1.165, 1.54) is 12.3 Å². The van der Waals surface area contributed by atoms with Gasteiger partial charge in [0.1, 0.15) is 5.75 Å². The third-order valence-corrected chi connectivity index (χ3v) is 5.80. The minimum absolute atomic E-state index is 0.0543. The first-order valence-electron chi connectivity index (χ1n) is 9.16. The molecule has 5 nitrogen and oxygen atoms in total. The molecule has 0 radical (unpaired) electrons. The molecule has 0 saturated carbocycles. The van der Waals surface area contributed by atoms with E-state index in [1.54, 1.807) is 54.6 Å². The molecule has 32 heavy (non-hydrogen) atoms. The van der Waals surface area contributed by atoms with Crippen LogP contribution < -0.4 is 10.1 Å². The maximum Gasteiger partial charge on any atom is 0.346 e. The first-order valence-corrected chi connectivity index (χ1v) is 10.7. The predicted octanol–water partition coefficient (Wildman–Crippen LogP) is 7.32. The highest BCUT2D eigenvalue weighted by molar-refractivity contribution is 6.40. The van der Waals surface area contributed by atoms with Gasteiger partial charge in [-0.15, -0.1) is 0 Å². The van der Waals surface area contributed by atoms with Gasteiger partial charge < -0.3 is 10.1 Å². The molecule has 0 saturated heterocycles. The molecule has 0 bridgehead atoms. The molecule has 1 amide bonds. The summed E-state index contributed by atoms with van der Waals surface area (Å²) in [6.07, 6.45) is 1.46. The molecule has 0 atom stereocenters. The molecule has 0 aliphatic rings. The van der Waals surface area contributed by atoms with Gasteiger partial charge in [-0.05, 0) is 42.5 Å². The van der Waals surface area contributed by atoms with E-state index in [1.807, 2.05) is 0 Å². The number of benzene rings is 3. The van der Waals surface area contributed by atoms with Crippen molar-refractivity contribution in [2.24, 2.45) is 0 Å². The molecule has 1 N–H and O–H groups in total. The van der Waals surface area contributed by atoms with Crippen LogP contribution in [0.1, 0.15) is 20.7 Å². The van der Waals surface area contributed by atoms with E-state index in [9.17, 15) is 9.59 Å². The monoisotopic (exact) mass is 504 g/mol. The molecule has 4 aromatic rings. The fourth-order valence-electron chi connectivity index (χ4n) is 3.08. The molecular weight excluding hydrogens is 494 g/mol. The lowest BCUT2D eigenvalue weighted by Crippen LogP contribution is -2.14. The van der Waals surface area contributed by atoms with Gasteiger partial charge in [0.05, 0.1) is 42.4 Å². The number of amides is 1. The Morgan fingerprint density at radius 3 is 1.94 bits per heavy atom. The molecule has 0 aliphatic carbocycles. The van der Waals surface area contributed by atoms with E-state index in [4.69, 9.17) is 51.1 Å². The lowest BCUT2D eigenvalue weighted by Gasteiger charge is -2.13. The fourth-order valence-corrected chi connectivity index (χ4v) is 4.20. The highest BCUT2D eigenvalue weighted by Gasteiger charge is 2.20. The van der Waals surface area contributed by atoms with Crippen molar-refractivity contribution in [3.05, 3.63) is 98.1 Å². The van der Waals surface area contributed by atoms with Crippen molar-refractivity contribution >= 4 is 74.9 Å². The third-order valence-electron chi connectivity index (χ3n) is 4.54. The van der Waals surface area contributed by atoms with Crippen LogP contribution in [0, 0.1) is 0 Å². The SMILES string of the molecule is O=C(Nc1cccc2c(OC(=O)c3c(Cl)cccc3Cl)ccnc12)c1c(Cl)cccc1Cl. The Morgan fingerprint density at radius 2 is 1.31 bits per heavy atom. The number of ether oxygens (including phenoxy) is 1. The summed E-state index contributed by atoms with van der Waals surface area (Å²) in [5, 5.41) is 4.03. The first-order chi connectivity index (χ1) is 15.4. The molecule has 1 heterocycles. The van der Waals surface area contributed by atoms with Gasteiger partial charge in [0.25, 0.3) is 5.91 Å². The van der Waals surface area contributed by atoms with Crippen LogP contribution in [0.4, 0.5) is 5.69 Å². The molecule has 4 rings (SSSR count). The highest BCUT2D eigenvalue weighted by Crippen LogP contribution is 2.32. The quantitative estimate of drug-likeness (QED) is 0.295. The predicted molar refractivity (Wildman–Crippen MR) is 128 cm³/mol. The van der Waals surface area contributed by atoms with Gasteiger partial charge in [-0.3, -0.25) is 9.78 Å². The second-order valence-electron chi connectivity index (χ2n) is 6.55. The van der Waals surface area contributed by atoms with Crippen LogP contribution in [-0.2, 0) is 0 Å². The van der Waals surface area contributed by atoms with Crippen molar-refractivity contribution in [2.75, 3.05) is 5.32 Å². The van der Waals surface area contributed by atoms with Gasteiger partial charge in [-0.25, -0.2) is 4.79 Å². The zero-order valence-electron chi connectivity index (χ0n) is 16.0. The molecule has 0 spiro atoms. The number of nitrogens with zero attached hydrogens (tertiary/aromatic N) is 1. The maximum absolute atomic E-state index is 12.8. The maximum atomic E-state index is 12.8. The summed E-state index contributed by atoms with van der Waals surface area (Å²) in [7, 11) is 0. The number of para-hydroxylation sites is 1. The topological polar surface area (TPSA) is 68.3 Å². The molecule has 1 aromatic heterocycles. The Bertz CT molecular complexity index is 1230. The Kier molecular flexibility index (Phi) is 6.53. The molecule has 0 fully saturated rings. The number of pyridine rings is 1. The highest BCUT2D eigenvalue weighted by atomic mass is 35.5. The minimum Gasteiger partial charge on any atom is -0.422 e. The van der Waals surface area contributed by atoms with Gasteiger partial charge in [0.15, 0.2) is 0 Å². The van der Waals surface area contributed by atoms with E-state index in [2.05, 4.69) is 10.3 Å². The van der Waals surface area contributed by atoms with Gasteiger partial charge >= 0.3 is 5.97 Å². The number of carbonyl (C=O) groups excluding carboxylic acids is 2. The summed E-state index contributed by atoms with van der Waals surface area (Å²) >= 11 is 24.5. The number of esters is 1. The smallest absolute Gasteiger partial charge is 0.346 e. The summed E-state index contributed by atoms with van der Waals surface area (Å²) < 4.78 is 5.56. The number of carbonyl (C=O) groups is 2. The largest absolute Gasteiger partial charge is 0.422 e. The molecule has 0 aliphatic heterocycles. The van der Waals surface area contributed by atoms with Crippen LogP contribution in [-0.4, -0.2) is 16.9 Å². The minimum atomic E-state index is -0.717. The summed E-state index contributed by atoms with van der Waals surface area (Å²) in [5.74, 6) is -0.992. The average molecular weight is 506 g/mol. The second-order valence-corrected chi connectivity index (χ2v) is 8.18. The Balaban J connectivity index is 1.69. The van der Waals surface area contributed by atoms with Crippen LogP contribution in [0.2, 0.25) is 20.1 Å². The van der Waals surface area contributed by atoms with Crippen molar-refractivity contribution in [3.8, 4) is 5.75 Å². The summed E-state index contributed by atoms with van der Waals surface area (Å²) in [5.41, 5.74) is 0.985. The standard InChI is InChI=1S/C23H12Cl4N2O3/c24-13-5-2-6-14(25)19(13)22(30)29-17-9-1-4-12-18(10-11-28-21(12)17)32-23(31)20-15(26)7-3-8-16(20)27/h1-11H,(H,29,30). The van der Waals surface area contributed by atoms with Gasteiger partial charge in [-0.1, -0.05) is 64.6 Å². The van der Waals surface area contributed by atoms with Gasteiger partial charge in [0, 0.05) is 11.6 Å². The van der Waals surface area contributed by atoms with Crippen LogP contribution in [0.3, 0.4) is 0 Å². The Hall–Kier alpha value is -2.83. The summed E-state index contributed by atoms with van der Waals surface area (Å²) in [6, 6.07) is 16.1. The van der Waals surface area contributed by atoms with Gasteiger partial charge in [-0.2, -0.15) is 0 Å². The van der Waals surface area contributed by atoms with Crippen LogP contribution in [0.5, 0.6) is 5.75 Å². The number of rotatable bonds is 4. The van der Waals surface area contributed by atoms with E-state index < -0.39 is 11.9 Å². The number of hydrogen-bond acceptors (Lipinski definition) is 4. The molecule has 0 unspecified atom stereocenters. The fraction of sp³-hybridized carbons (Fsp3) is 0. The van der Waals surface area contributed by atoms with E-state index in [0.717, 1.165) is 0 Å². The number of anilines is 1. The average Bonchev–Trinajstić information content (AvgIpc) is 2.74. The number of fused-ring (bicyclic) bond motifs is 1. The molecular formula is C23H12Cl4N2O3. The molecule has 3 aromatic carbocycles. The van der Waals surface area contributed by atoms with Crippen LogP contribution in [0.15, 0.2) is 66.9 Å². The number of nitrogens with one attached hydrogen (secondary N) is 1. The van der Waals surface area contributed by atoms with E-state index in [0.29, 0.717) is 16.6 Å². The van der Waals surface area contributed by atoms with Crippen molar-refractivity contribution in [3.63, 3.8) is 0 Å². The van der Waals surface area contributed by atoms with Crippen LogP contribution >= 0.6 is 46.4 Å². The number of hydrogen-bond donors (Lipinski definition) is 1. The number of halogens is 4. The van der Waals surface area contributed by atoms with Crippen molar-refractivity contribution in [1.29, 1.82) is 0 Å². The molecule has 160 valence electrons. The van der Waals surface area contributed by atoms with Gasteiger partial charge in [0.2, 0.25) is 0 Å². The zero-order valence-corrected chi connectivity index (χ0v) is 19.1. The Morgan fingerprint density at radius 1 is 0.750 bits per heavy atom. The lowest BCUT2D eigenvalue weighted by atomic mass is 10.1.